The van der Waals surface area contributed by atoms with E-state index in [0.717, 1.165) is 15.4 Å². The lowest BCUT2D eigenvalue weighted by atomic mass is 10.2. The van der Waals surface area contributed by atoms with Crippen molar-refractivity contribution in [2.45, 2.75) is 18.4 Å². The number of hydrazone groups is 1. The third kappa shape index (κ3) is 7.43. The van der Waals surface area contributed by atoms with Crippen LogP contribution in [-0.4, -0.2) is 41.3 Å². The highest BCUT2D eigenvalue weighted by atomic mass is 32.2. The van der Waals surface area contributed by atoms with E-state index in [9.17, 15) is 13.2 Å². The van der Waals surface area contributed by atoms with E-state index in [2.05, 4.69) is 10.5 Å². The molecule has 1 amide bonds. The minimum Gasteiger partial charge on any atom is -0.495 e. The predicted molar refractivity (Wildman–Crippen MR) is 158 cm³/mol. The van der Waals surface area contributed by atoms with Gasteiger partial charge in [-0.15, -0.1) is 0 Å². The SMILES string of the molecule is COc1cc(/C=N\NC(=O)CN(c2cc(C)ccc2OC)S(=O)(=O)c2ccccc2)ccc1OCc1ccccc1. The summed E-state index contributed by atoms with van der Waals surface area (Å²) in [5.41, 5.74) is 5.13. The van der Waals surface area contributed by atoms with Crippen molar-refractivity contribution in [1.82, 2.24) is 5.43 Å². The van der Waals surface area contributed by atoms with Crippen LogP contribution in [0.25, 0.3) is 0 Å². The van der Waals surface area contributed by atoms with Crippen LogP contribution in [0.1, 0.15) is 16.7 Å². The summed E-state index contributed by atoms with van der Waals surface area (Å²) >= 11 is 0. The monoisotopic (exact) mass is 573 g/mol. The molecule has 0 fully saturated rings. The lowest BCUT2D eigenvalue weighted by Gasteiger charge is -2.25. The minimum absolute atomic E-state index is 0.0431. The quantitative estimate of drug-likeness (QED) is 0.190. The smallest absolute Gasteiger partial charge is 0.264 e. The summed E-state index contributed by atoms with van der Waals surface area (Å²) in [6.45, 7) is 1.69. The maximum atomic E-state index is 13.6. The minimum atomic E-state index is -4.10. The Morgan fingerprint density at radius 1 is 0.854 bits per heavy atom. The first-order valence-corrected chi connectivity index (χ1v) is 14.1. The first kappa shape index (κ1) is 29.2. The number of rotatable bonds is 12. The molecule has 4 rings (SSSR count). The molecule has 0 radical (unpaired) electrons. The Hall–Kier alpha value is -4.83. The van der Waals surface area contributed by atoms with Crippen LogP contribution in [0.5, 0.6) is 17.2 Å². The van der Waals surface area contributed by atoms with Crippen LogP contribution in [0, 0.1) is 6.92 Å². The number of nitrogens with zero attached hydrogens (tertiary/aromatic N) is 2. The number of benzene rings is 4. The number of anilines is 1. The van der Waals surface area contributed by atoms with Crippen molar-refractivity contribution in [3.8, 4) is 17.2 Å². The number of amides is 1. The number of nitrogens with one attached hydrogen (secondary N) is 1. The summed E-state index contributed by atoms with van der Waals surface area (Å²) in [6.07, 6.45) is 1.44. The van der Waals surface area contributed by atoms with Crippen LogP contribution in [0.2, 0.25) is 0 Å². The van der Waals surface area contributed by atoms with Gasteiger partial charge in [0.1, 0.15) is 18.9 Å². The summed E-state index contributed by atoms with van der Waals surface area (Å²) in [5, 5.41) is 4.03. The molecule has 0 aliphatic heterocycles. The van der Waals surface area contributed by atoms with Crippen molar-refractivity contribution in [3.05, 3.63) is 114 Å². The molecule has 41 heavy (non-hydrogen) atoms. The van der Waals surface area contributed by atoms with E-state index >= 15 is 0 Å². The van der Waals surface area contributed by atoms with E-state index in [1.165, 1.54) is 32.6 Å². The van der Waals surface area contributed by atoms with Gasteiger partial charge in [-0.2, -0.15) is 5.10 Å². The standard InChI is InChI=1S/C31H31N3O6S/c1-23-14-16-28(38-2)27(18-23)34(41(36,37)26-12-8-5-9-13-26)21-31(35)33-32-20-25-15-17-29(30(19-25)39-3)40-22-24-10-6-4-7-11-24/h4-20H,21-22H2,1-3H3,(H,33,35)/b32-20-. The molecule has 0 aliphatic carbocycles. The van der Waals surface area contributed by atoms with E-state index in [4.69, 9.17) is 14.2 Å². The van der Waals surface area contributed by atoms with Crippen LogP contribution in [-0.2, 0) is 21.4 Å². The molecule has 0 aliphatic rings. The number of methoxy groups -OCH3 is 2. The Labute approximate surface area is 240 Å². The van der Waals surface area contributed by atoms with Crippen LogP contribution in [0.3, 0.4) is 0 Å². The Kier molecular flexibility index (Phi) is 9.60. The van der Waals surface area contributed by atoms with Gasteiger partial charge in [-0.3, -0.25) is 9.10 Å². The average molecular weight is 574 g/mol. The second kappa shape index (κ2) is 13.5. The van der Waals surface area contributed by atoms with Gasteiger partial charge in [0, 0.05) is 0 Å². The maximum Gasteiger partial charge on any atom is 0.264 e. The molecule has 212 valence electrons. The maximum absolute atomic E-state index is 13.6. The number of carbonyl (C=O) groups excluding carboxylic acids is 1. The number of sulfonamides is 1. The lowest BCUT2D eigenvalue weighted by molar-refractivity contribution is -0.119. The molecule has 0 aromatic heterocycles. The molecule has 0 heterocycles. The molecule has 0 saturated heterocycles. The van der Waals surface area contributed by atoms with Gasteiger partial charge in [0.25, 0.3) is 15.9 Å². The average Bonchev–Trinajstić information content (AvgIpc) is 3.00. The van der Waals surface area contributed by atoms with Gasteiger partial charge in [0.05, 0.1) is 31.0 Å². The zero-order chi connectivity index (χ0) is 29.2. The van der Waals surface area contributed by atoms with Crippen LogP contribution >= 0.6 is 0 Å². The number of carbonyl (C=O) groups is 1. The van der Waals surface area contributed by atoms with Crippen molar-refractivity contribution in [2.75, 3.05) is 25.1 Å². The van der Waals surface area contributed by atoms with Gasteiger partial charge in [0.2, 0.25) is 0 Å². The summed E-state index contributed by atoms with van der Waals surface area (Å²) in [7, 11) is -1.13. The third-order valence-corrected chi connectivity index (χ3v) is 7.82. The van der Waals surface area contributed by atoms with Gasteiger partial charge < -0.3 is 14.2 Å². The molecule has 4 aromatic rings. The molecule has 10 heteroatoms. The summed E-state index contributed by atoms with van der Waals surface area (Å²) in [5.74, 6) is 0.737. The topological polar surface area (TPSA) is 107 Å². The van der Waals surface area contributed by atoms with Gasteiger partial charge in [-0.05, 0) is 66.1 Å². The van der Waals surface area contributed by atoms with Crippen LogP contribution in [0.4, 0.5) is 5.69 Å². The number of hydrogen-bond acceptors (Lipinski definition) is 7. The zero-order valence-electron chi connectivity index (χ0n) is 23.0. The predicted octanol–water partition coefficient (Wildman–Crippen LogP) is 4.94. The van der Waals surface area contributed by atoms with E-state index in [1.807, 2.05) is 37.3 Å². The molecule has 0 saturated carbocycles. The van der Waals surface area contributed by atoms with Crippen molar-refractivity contribution in [1.29, 1.82) is 0 Å². The van der Waals surface area contributed by atoms with E-state index in [0.29, 0.717) is 29.4 Å². The Balaban J connectivity index is 1.50. The van der Waals surface area contributed by atoms with E-state index in [-0.39, 0.29) is 10.6 Å². The number of ether oxygens (including phenoxy) is 3. The van der Waals surface area contributed by atoms with Gasteiger partial charge in [-0.25, -0.2) is 13.8 Å². The lowest BCUT2D eigenvalue weighted by Crippen LogP contribution is -2.39. The first-order valence-electron chi connectivity index (χ1n) is 12.7. The molecular formula is C31H31N3O6S. The fourth-order valence-corrected chi connectivity index (χ4v) is 5.42. The summed E-state index contributed by atoms with van der Waals surface area (Å²) in [4.78, 5) is 13.0. The van der Waals surface area contributed by atoms with Crippen molar-refractivity contribution >= 4 is 27.8 Å². The summed E-state index contributed by atoms with van der Waals surface area (Å²) in [6, 6.07) is 28.0. The molecule has 4 aromatic carbocycles. The second-order valence-corrected chi connectivity index (χ2v) is 10.8. The Bertz CT molecular complexity index is 1610. The molecule has 0 spiro atoms. The zero-order valence-corrected chi connectivity index (χ0v) is 23.8. The Morgan fingerprint density at radius 3 is 2.20 bits per heavy atom. The molecule has 1 N–H and O–H groups in total. The van der Waals surface area contributed by atoms with Gasteiger partial charge >= 0.3 is 0 Å². The van der Waals surface area contributed by atoms with Crippen LogP contribution in [0.15, 0.2) is 107 Å². The third-order valence-electron chi connectivity index (χ3n) is 6.05. The highest BCUT2D eigenvalue weighted by Gasteiger charge is 2.29. The molecule has 9 nitrogen and oxygen atoms in total. The second-order valence-electron chi connectivity index (χ2n) is 8.98. The van der Waals surface area contributed by atoms with Gasteiger partial charge in [-0.1, -0.05) is 54.6 Å². The highest BCUT2D eigenvalue weighted by Crippen LogP contribution is 2.33. The molecule has 0 unspecified atom stereocenters. The van der Waals surface area contributed by atoms with Crippen molar-refractivity contribution in [3.63, 3.8) is 0 Å². The van der Waals surface area contributed by atoms with E-state index in [1.54, 1.807) is 54.6 Å². The summed E-state index contributed by atoms with van der Waals surface area (Å²) < 4.78 is 45.0. The largest absolute Gasteiger partial charge is 0.495 e. The van der Waals surface area contributed by atoms with Crippen molar-refractivity contribution < 1.29 is 27.4 Å². The fraction of sp³-hybridized carbons (Fsp3) is 0.161. The molecule has 0 bridgehead atoms. The molecular weight excluding hydrogens is 542 g/mol. The molecule has 0 atom stereocenters. The van der Waals surface area contributed by atoms with Crippen LogP contribution < -0.4 is 23.9 Å². The fourth-order valence-electron chi connectivity index (χ4n) is 3.98. The normalized spacial score (nSPS) is 11.2. The first-order chi connectivity index (χ1) is 19.8. The van der Waals surface area contributed by atoms with E-state index < -0.39 is 22.5 Å². The highest BCUT2D eigenvalue weighted by molar-refractivity contribution is 7.92. The number of hydrogen-bond donors (Lipinski definition) is 1. The van der Waals surface area contributed by atoms with Crippen molar-refractivity contribution in [2.24, 2.45) is 5.10 Å². The number of aryl methyl sites for hydroxylation is 1. The van der Waals surface area contributed by atoms with Gasteiger partial charge in [0.15, 0.2) is 11.5 Å². The Morgan fingerprint density at radius 2 is 1.51 bits per heavy atom.